The van der Waals surface area contributed by atoms with Crippen LogP contribution in [-0.4, -0.2) is 11.0 Å². The second kappa shape index (κ2) is 45.1. The van der Waals surface area contributed by atoms with E-state index >= 15 is 0 Å². The fourth-order valence-electron chi connectivity index (χ4n) is 0. The Labute approximate surface area is 145 Å². The molecule has 0 atom stereocenters. The van der Waals surface area contributed by atoms with Gasteiger partial charge in [0.25, 0.3) is 0 Å². The van der Waals surface area contributed by atoms with Crippen LogP contribution in [0.15, 0.2) is 0 Å². The molecule has 37 valence electrons. The van der Waals surface area contributed by atoms with Gasteiger partial charge in [0.1, 0.15) is 0 Å². The maximum absolute atomic E-state index is 0. The van der Waals surface area contributed by atoms with E-state index in [1.807, 2.05) is 0 Å². The summed E-state index contributed by atoms with van der Waals surface area (Å²) in [6.07, 6.45) is 0. The van der Waals surface area contributed by atoms with Gasteiger partial charge in [0.15, 0.2) is 0 Å². The molecule has 0 bridgehead atoms. The van der Waals surface area contributed by atoms with E-state index in [0.29, 0.717) is 0 Å². The van der Waals surface area contributed by atoms with E-state index in [1.165, 1.54) is 0 Å². The largest absolute Gasteiger partial charge is 0.0149 e. The first-order valence-electron chi connectivity index (χ1n) is 0. The van der Waals surface area contributed by atoms with Crippen LogP contribution in [0.2, 0.25) is 0 Å². The van der Waals surface area contributed by atoms with Crippen molar-refractivity contribution in [2.75, 3.05) is 0 Å². The van der Waals surface area contributed by atoms with Crippen LogP contribution in [0.5, 0.6) is 0 Å². The Kier molecular flexibility index (Phi) is 385. The fraction of sp³-hybridized carbons (Fsp3) is 0. The van der Waals surface area contributed by atoms with Gasteiger partial charge >= 0.3 is 0 Å². The summed E-state index contributed by atoms with van der Waals surface area (Å²) >= 11 is 0. The topological polar surface area (TPSA) is 0 Å². The molecule has 0 rings (SSSR count). The van der Waals surface area contributed by atoms with E-state index in [0.717, 1.165) is 0 Å². The summed E-state index contributed by atoms with van der Waals surface area (Å²) in [5.74, 6) is 0. The van der Waals surface area contributed by atoms with Crippen LogP contribution in [-0.2, 0) is 138 Å². The summed E-state index contributed by atoms with van der Waals surface area (Å²) in [4.78, 5) is 0. The Balaban J connectivity index is 0. The standard InChI is InChI=1S/Hf.H4Si.5Ta/h;1H4;;;;;. The zero-order valence-corrected chi connectivity index (χ0v) is 22.4. The van der Waals surface area contributed by atoms with Crippen LogP contribution < -0.4 is 0 Å². The quantitative estimate of drug-likeness (QED) is 0.261. The molecule has 0 aliphatic heterocycles. The molecule has 0 spiro atoms. The second-order valence-corrected chi connectivity index (χ2v) is 0. The molecule has 0 fully saturated rings. The van der Waals surface area contributed by atoms with Crippen molar-refractivity contribution in [3.05, 3.63) is 0 Å². The van der Waals surface area contributed by atoms with Crippen molar-refractivity contribution in [3.8, 4) is 0 Å². The van der Waals surface area contributed by atoms with E-state index in [-0.39, 0.29) is 149 Å². The third-order valence-electron chi connectivity index (χ3n) is 0. The zero-order valence-electron chi connectivity index (χ0n) is 2.74. The zero-order chi connectivity index (χ0) is 0. The molecule has 0 aliphatic rings. The molecule has 0 saturated carbocycles. The van der Waals surface area contributed by atoms with Crippen molar-refractivity contribution in [3.63, 3.8) is 0 Å². The third kappa shape index (κ3) is 36.3. The van der Waals surface area contributed by atoms with Crippen molar-refractivity contribution < 1.29 is 138 Å². The van der Waals surface area contributed by atoms with Gasteiger partial charge in [-0.25, -0.2) is 0 Å². The average molecular weight is 1120 g/mol. The monoisotopic (exact) mass is 1120 g/mol. The van der Waals surface area contributed by atoms with Crippen LogP contribution in [0.25, 0.3) is 0 Å². The molecule has 0 unspecified atom stereocenters. The molecular weight excluding hydrogens is 1110 g/mol. The maximum Gasteiger partial charge on any atom is 0 e. The van der Waals surface area contributed by atoms with Gasteiger partial charge in [0.05, 0.1) is 0 Å². The van der Waals surface area contributed by atoms with Crippen LogP contribution in [0, 0.1) is 0 Å². The van der Waals surface area contributed by atoms with Crippen molar-refractivity contribution in [1.29, 1.82) is 0 Å². The average Bonchev–Trinajstić information content (AvgIpc) is 0. The summed E-state index contributed by atoms with van der Waals surface area (Å²) in [5.41, 5.74) is 0. The molecule has 5 radical (unpaired) electrons. The Morgan fingerprint density at radius 1 is 0.429 bits per heavy atom. The van der Waals surface area contributed by atoms with E-state index in [2.05, 4.69) is 0 Å². The molecule has 0 nitrogen and oxygen atoms in total. The summed E-state index contributed by atoms with van der Waals surface area (Å²) in [6.45, 7) is 0. The summed E-state index contributed by atoms with van der Waals surface area (Å²) < 4.78 is 0. The van der Waals surface area contributed by atoms with Crippen LogP contribution in [0.3, 0.4) is 0 Å². The van der Waals surface area contributed by atoms with Gasteiger partial charge < -0.3 is 0 Å². The maximum atomic E-state index is 0. The van der Waals surface area contributed by atoms with Crippen molar-refractivity contribution in [1.82, 2.24) is 0 Å². The van der Waals surface area contributed by atoms with Crippen LogP contribution >= 0.6 is 0 Å². The third-order valence-corrected chi connectivity index (χ3v) is 0. The number of hydrogen-bond acceptors (Lipinski definition) is 0. The smallest absolute Gasteiger partial charge is 0 e. The minimum absolute atomic E-state index is 0. The minimum Gasteiger partial charge on any atom is -0.0149 e. The molecule has 7 heavy (non-hydrogen) atoms. The molecule has 0 aromatic rings. The van der Waals surface area contributed by atoms with Gasteiger partial charge in [-0.05, 0) is 11.0 Å². The molecule has 7 heteroatoms. The summed E-state index contributed by atoms with van der Waals surface area (Å²) in [6, 6.07) is 0. The Hall–Kier alpha value is 4.79. The molecule has 0 saturated heterocycles. The fourth-order valence-corrected chi connectivity index (χ4v) is 0. The molecule has 0 amide bonds. The van der Waals surface area contributed by atoms with Crippen molar-refractivity contribution in [2.24, 2.45) is 0 Å². The Bertz CT molecular complexity index is 8.04. The number of hydrogen-bond donors (Lipinski definition) is 0. The molecule has 0 heterocycles. The first kappa shape index (κ1) is 59.8. The van der Waals surface area contributed by atoms with Crippen LogP contribution in [0.1, 0.15) is 0 Å². The number of rotatable bonds is 0. The SMILES string of the molecule is [Hf].[SiH4].[Ta].[Ta].[Ta].[Ta].[Ta]. The van der Waals surface area contributed by atoms with Gasteiger partial charge in [-0.1, -0.05) is 0 Å². The molecule has 0 aliphatic carbocycles. The minimum atomic E-state index is 0. The van der Waals surface area contributed by atoms with E-state index < -0.39 is 0 Å². The summed E-state index contributed by atoms with van der Waals surface area (Å²) in [7, 11) is 0. The van der Waals surface area contributed by atoms with Gasteiger partial charge in [-0.3, -0.25) is 0 Å². The molecule has 0 N–H and O–H groups in total. The Morgan fingerprint density at radius 2 is 0.429 bits per heavy atom. The first-order valence-corrected chi connectivity index (χ1v) is 0. The summed E-state index contributed by atoms with van der Waals surface area (Å²) in [5, 5.41) is 0. The predicted molar refractivity (Wildman–Crippen MR) is 11.3 cm³/mol. The van der Waals surface area contributed by atoms with Gasteiger partial charge in [0.2, 0.25) is 0 Å². The Morgan fingerprint density at radius 3 is 0.429 bits per heavy atom. The van der Waals surface area contributed by atoms with Gasteiger partial charge in [0, 0.05) is 138 Å². The van der Waals surface area contributed by atoms with Crippen LogP contribution in [0.4, 0.5) is 0 Å². The predicted octanol–water partition coefficient (Wildman–Crippen LogP) is -1.47. The van der Waals surface area contributed by atoms with Crippen molar-refractivity contribution >= 4 is 11.0 Å². The van der Waals surface area contributed by atoms with E-state index in [1.54, 1.807) is 0 Å². The van der Waals surface area contributed by atoms with Gasteiger partial charge in [-0.2, -0.15) is 0 Å². The normalized spacial score (nSPS) is 0. The molecular formula is H4HfSiTa5. The van der Waals surface area contributed by atoms with Gasteiger partial charge in [-0.15, -0.1) is 0 Å². The van der Waals surface area contributed by atoms with Crippen molar-refractivity contribution in [2.45, 2.75) is 0 Å². The molecule has 0 aromatic carbocycles. The van der Waals surface area contributed by atoms with E-state index in [9.17, 15) is 0 Å². The molecule has 0 aromatic heterocycles. The first-order chi connectivity index (χ1) is 0. The van der Waals surface area contributed by atoms with E-state index in [4.69, 9.17) is 0 Å². The second-order valence-electron chi connectivity index (χ2n) is 0.